The van der Waals surface area contributed by atoms with Crippen molar-refractivity contribution in [1.29, 1.82) is 0 Å². The molecule has 0 aromatic heterocycles. The second kappa shape index (κ2) is 6.11. The Balaban J connectivity index is 2.54. The Bertz CT molecular complexity index is 479. The van der Waals surface area contributed by atoms with Crippen molar-refractivity contribution < 1.29 is 18.0 Å². The van der Waals surface area contributed by atoms with Crippen LogP contribution in [0.3, 0.4) is 0 Å². The first-order valence-corrected chi connectivity index (χ1v) is 8.61. The third kappa shape index (κ3) is 4.77. The Morgan fingerprint density at radius 2 is 1.90 bits per heavy atom. The maximum atomic E-state index is 11.7. The number of amides is 2. The lowest BCUT2D eigenvalue weighted by Crippen LogP contribution is -2.45. The molecule has 0 spiro atoms. The van der Waals surface area contributed by atoms with Crippen molar-refractivity contribution in [3.05, 3.63) is 0 Å². The molecule has 1 aliphatic rings. The van der Waals surface area contributed by atoms with E-state index in [0.29, 0.717) is 19.5 Å². The molecule has 1 saturated heterocycles. The van der Waals surface area contributed by atoms with Gasteiger partial charge in [0.15, 0.2) is 9.84 Å². The van der Waals surface area contributed by atoms with Gasteiger partial charge in [0.05, 0.1) is 11.5 Å². The van der Waals surface area contributed by atoms with Crippen molar-refractivity contribution in [2.24, 2.45) is 5.41 Å². The van der Waals surface area contributed by atoms with Crippen LogP contribution in [0.25, 0.3) is 0 Å². The molecule has 2 amide bonds. The van der Waals surface area contributed by atoms with Crippen molar-refractivity contribution in [1.82, 2.24) is 10.2 Å². The molecule has 0 aromatic carbocycles. The molecule has 0 saturated carbocycles. The van der Waals surface area contributed by atoms with Gasteiger partial charge in [-0.2, -0.15) is 0 Å². The Hall–Kier alpha value is -1.11. The van der Waals surface area contributed by atoms with E-state index in [1.165, 1.54) is 6.92 Å². The third-order valence-corrected chi connectivity index (χ3v) is 5.12. The first-order chi connectivity index (χ1) is 9.03. The lowest BCUT2D eigenvalue weighted by atomic mass is 9.96. The molecule has 0 aliphatic carbocycles. The molecule has 1 N–H and O–H groups in total. The van der Waals surface area contributed by atoms with Gasteiger partial charge in [-0.15, -0.1) is 0 Å². The van der Waals surface area contributed by atoms with Gasteiger partial charge in [-0.05, 0) is 6.42 Å². The lowest BCUT2D eigenvalue weighted by Gasteiger charge is -2.27. The van der Waals surface area contributed by atoms with Gasteiger partial charge in [-0.3, -0.25) is 9.59 Å². The van der Waals surface area contributed by atoms with Crippen molar-refractivity contribution in [2.45, 2.75) is 40.2 Å². The molecule has 7 heteroatoms. The van der Waals surface area contributed by atoms with E-state index in [1.807, 2.05) is 20.8 Å². The smallest absolute Gasteiger partial charge is 0.225 e. The van der Waals surface area contributed by atoms with Gasteiger partial charge in [0.25, 0.3) is 0 Å². The van der Waals surface area contributed by atoms with Gasteiger partial charge in [-0.25, -0.2) is 8.42 Å². The summed E-state index contributed by atoms with van der Waals surface area (Å²) in [6.45, 7) is 7.55. The van der Waals surface area contributed by atoms with Gasteiger partial charge in [-0.1, -0.05) is 20.8 Å². The molecule has 1 fully saturated rings. The lowest BCUT2D eigenvalue weighted by molar-refractivity contribution is -0.132. The first-order valence-electron chi connectivity index (χ1n) is 6.79. The topological polar surface area (TPSA) is 83.6 Å². The Labute approximate surface area is 120 Å². The van der Waals surface area contributed by atoms with Crippen LogP contribution in [0, 0.1) is 5.41 Å². The van der Waals surface area contributed by atoms with Crippen LogP contribution < -0.4 is 5.32 Å². The maximum absolute atomic E-state index is 11.7. The highest BCUT2D eigenvalue weighted by molar-refractivity contribution is 7.91. The van der Waals surface area contributed by atoms with Crippen LogP contribution in [0.4, 0.5) is 0 Å². The molecule has 116 valence electrons. The minimum Gasteiger partial charge on any atom is -0.354 e. The molecule has 0 aromatic rings. The molecule has 1 aliphatic heterocycles. The average molecular weight is 304 g/mol. The normalized spacial score (nSPS) is 21.5. The Morgan fingerprint density at radius 1 is 1.30 bits per heavy atom. The fourth-order valence-corrected chi connectivity index (χ4v) is 3.90. The summed E-state index contributed by atoms with van der Waals surface area (Å²) < 4.78 is 22.9. The van der Waals surface area contributed by atoms with Crippen LogP contribution in [0.1, 0.15) is 34.1 Å². The molecule has 6 nitrogen and oxygen atoms in total. The molecule has 0 radical (unpaired) electrons. The highest BCUT2D eigenvalue weighted by Gasteiger charge is 2.33. The quantitative estimate of drug-likeness (QED) is 0.803. The van der Waals surface area contributed by atoms with Crippen LogP contribution in [0.2, 0.25) is 0 Å². The van der Waals surface area contributed by atoms with E-state index in [0.717, 1.165) is 0 Å². The van der Waals surface area contributed by atoms with Crippen molar-refractivity contribution >= 4 is 21.7 Å². The summed E-state index contributed by atoms with van der Waals surface area (Å²) in [6, 6.07) is -0.260. The van der Waals surface area contributed by atoms with E-state index in [9.17, 15) is 18.0 Å². The third-order valence-electron chi connectivity index (χ3n) is 3.37. The van der Waals surface area contributed by atoms with E-state index >= 15 is 0 Å². The number of carbonyl (C=O) groups excluding carboxylic acids is 2. The molecule has 1 rings (SSSR count). The van der Waals surface area contributed by atoms with Crippen LogP contribution in [0.5, 0.6) is 0 Å². The summed E-state index contributed by atoms with van der Waals surface area (Å²) >= 11 is 0. The van der Waals surface area contributed by atoms with Gasteiger partial charge in [0, 0.05) is 31.5 Å². The molecule has 0 bridgehead atoms. The zero-order chi connectivity index (χ0) is 15.6. The number of nitrogens with one attached hydrogen (secondary N) is 1. The SMILES string of the molecule is CC(=O)N(CCNC(=O)C(C)(C)C)C1CCS(=O)(=O)C1. The van der Waals surface area contributed by atoms with E-state index in [1.54, 1.807) is 4.90 Å². The predicted molar refractivity (Wildman–Crippen MR) is 76.9 cm³/mol. The first kappa shape index (κ1) is 16.9. The summed E-state index contributed by atoms with van der Waals surface area (Å²) in [7, 11) is -3.02. The highest BCUT2D eigenvalue weighted by Crippen LogP contribution is 2.18. The van der Waals surface area contributed by atoms with Crippen molar-refractivity contribution in [2.75, 3.05) is 24.6 Å². The van der Waals surface area contributed by atoms with Gasteiger partial charge >= 0.3 is 0 Å². The van der Waals surface area contributed by atoms with Gasteiger partial charge in [0.1, 0.15) is 0 Å². The number of hydrogen-bond acceptors (Lipinski definition) is 4. The second-order valence-electron chi connectivity index (χ2n) is 6.28. The summed E-state index contributed by atoms with van der Waals surface area (Å²) in [6.07, 6.45) is 0.481. The number of rotatable bonds is 4. The van der Waals surface area contributed by atoms with Crippen LogP contribution >= 0.6 is 0 Å². The fraction of sp³-hybridized carbons (Fsp3) is 0.846. The minimum absolute atomic E-state index is 0.0276. The fourth-order valence-electron chi connectivity index (χ4n) is 2.17. The zero-order valence-electron chi connectivity index (χ0n) is 12.6. The maximum Gasteiger partial charge on any atom is 0.225 e. The number of carbonyl (C=O) groups is 2. The standard InChI is InChI=1S/C13H24N2O4S/c1-10(16)15(11-5-8-20(18,19)9-11)7-6-14-12(17)13(2,3)4/h11H,5-9H2,1-4H3,(H,14,17). The van der Waals surface area contributed by atoms with Gasteiger partial charge < -0.3 is 10.2 Å². The molecule has 1 heterocycles. The minimum atomic E-state index is -3.02. The van der Waals surface area contributed by atoms with E-state index in [4.69, 9.17) is 0 Å². The van der Waals surface area contributed by atoms with Crippen LogP contribution in [0.15, 0.2) is 0 Å². The van der Waals surface area contributed by atoms with Crippen molar-refractivity contribution in [3.8, 4) is 0 Å². The van der Waals surface area contributed by atoms with E-state index in [-0.39, 0.29) is 29.4 Å². The molecular weight excluding hydrogens is 280 g/mol. The predicted octanol–water partition coefficient (Wildman–Crippen LogP) is 0.184. The summed E-state index contributed by atoms with van der Waals surface area (Å²) in [5.74, 6) is -0.0765. The highest BCUT2D eigenvalue weighted by atomic mass is 32.2. The molecule has 20 heavy (non-hydrogen) atoms. The number of hydrogen-bond donors (Lipinski definition) is 1. The zero-order valence-corrected chi connectivity index (χ0v) is 13.4. The Kier molecular flexibility index (Phi) is 5.18. The Morgan fingerprint density at radius 3 is 2.30 bits per heavy atom. The van der Waals surface area contributed by atoms with E-state index < -0.39 is 15.3 Å². The summed E-state index contributed by atoms with van der Waals surface area (Å²) in [5, 5.41) is 2.77. The average Bonchev–Trinajstić information content (AvgIpc) is 2.62. The van der Waals surface area contributed by atoms with Crippen LogP contribution in [-0.2, 0) is 19.4 Å². The molecule has 1 atom stereocenters. The molecular formula is C13H24N2O4S. The van der Waals surface area contributed by atoms with Gasteiger partial charge in [0.2, 0.25) is 11.8 Å². The summed E-state index contributed by atoms with van der Waals surface area (Å²) in [5.41, 5.74) is -0.474. The molecule has 1 unspecified atom stereocenters. The summed E-state index contributed by atoms with van der Waals surface area (Å²) in [4.78, 5) is 24.9. The number of nitrogens with zero attached hydrogens (tertiary/aromatic N) is 1. The van der Waals surface area contributed by atoms with E-state index in [2.05, 4.69) is 5.32 Å². The number of sulfone groups is 1. The van der Waals surface area contributed by atoms with Crippen molar-refractivity contribution in [3.63, 3.8) is 0 Å². The van der Waals surface area contributed by atoms with Crippen LogP contribution in [-0.4, -0.2) is 55.8 Å². The largest absolute Gasteiger partial charge is 0.354 e. The monoisotopic (exact) mass is 304 g/mol. The second-order valence-corrected chi connectivity index (χ2v) is 8.50.